The number of rotatable bonds is 1. The van der Waals surface area contributed by atoms with Gasteiger partial charge in [0.1, 0.15) is 11.9 Å². The van der Waals surface area contributed by atoms with Crippen LogP contribution < -0.4 is 10.8 Å². The van der Waals surface area contributed by atoms with Gasteiger partial charge < -0.3 is 10.9 Å². The molecular weight excluding hydrogens is 238 g/mol. The molecule has 1 atom stereocenters. The van der Waals surface area contributed by atoms with Crippen LogP contribution in [0.25, 0.3) is 0 Å². The first kappa shape index (κ1) is 11.6. The molecular formula is C15H13N3O. The summed E-state index contributed by atoms with van der Waals surface area (Å²) in [5.74, 6) is 0.165. The summed E-state index contributed by atoms with van der Waals surface area (Å²) in [6, 6.07) is 17.2. The van der Waals surface area contributed by atoms with E-state index in [9.17, 15) is 5.21 Å². The highest BCUT2D eigenvalue weighted by molar-refractivity contribution is 6.15. The number of hydrogen-bond donors (Lipinski definition) is 2. The minimum Gasteiger partial charge on any atom is -0.622 e. The Morgan fingerprint density at radius 3 is 2.42 bits per heavy atom. The number of nitrogens with two attached hydrogens (primary N) is 1. The van der Waals surface area contributed by atoms with Crippen molar-refractivity contribution < 1.29 is 5.06 Å². The van der Waals surface area contributed by atoms with Crippen molar-refractivity contribution in [3.8, 4) is 0 Å². The lowest BCUT2D eigenvalue weighted by Crippen LogP contribution is -3.01. The highest BCUT2D eigenvalue weighted by atomic mass is 16.5. The number of nitrogens with zero attached hydrogens (tertiary/aromatic N) is 1. The molecule has 2 aromatic carbocycles. The van der Waals surface area contributed by atoms with Gasteiger partial charge in [-0.25, -0.2) is 4.99 Å². The van der Waals surface area contributed by atoms with Crippen LogP contribution in [0.3, 0.4) is 0 Å². The summed E-state index contributed by atoms with van der Waals surface area (Å²) >= 11 is 0. The summed E-state index contributed by atoms with van der Waals surface area (Å²) < 4.78 is 0. The molecule has 0 saturated carbocycles. The number of benzene rings is 2. The summed E-state index contributed by atoms with van der Waals surface area (Å²) in [7, 11) is 0. The minimum absolute atomic E-state index is 0.165. The van der Waals surface area contributed by atoms with Gasteiger partial charge in [0.05, 0.1) is 11.3 Å². The Kier molecular flexibility index (Phi) is 2.87. The first-order chi connectivity index (χ1) is 9.27. The van der Waals surface area contributed by atoms with Gasteiger partial charge in [0.15, 0.2) is 0 Å². The van der Waals surface area contributed by atoms with Crippen molar-refractivity contribution in [1.82, 2.24) is 0 Å². The Hall–Kier alpha value is -2.43. The van der Waals surface area contributed by atoms with Crippen molar-refractivity contribution >= 4 is 11.4 Å². The summed E-state index contributed by atoms with van der Waals surface area (Å²) in [6.45, 7) is 0. The van der Waals surface area contributed by atoms with Crippen molar-refractivity contribution in [3.63, 3.8) is 0 Å². The fourth-order valence-electron chi connectivity index (χ4n) is 2.13. The third kappa shape index (κ3) is 2.03. The number of fused-ring (bicyclic) bond motifs is 1. The van der Waals surface area contributed by atoms with Gasteiger partial charge in [0, 0.05) is 11.6 Å². The molecule has 0 aromatic heterocycles. The molecule has 2 aromatic rings. The smallest absolute Gasteiger partial charge is 0.220 e. The first-order valence-electron chi connectivity index (χ1n) is 6.00. The number of aliphatic imine (C=N–C) groups is 1. The molecule has 0 radical (unpaired) electrons. The molecule has 1 unspecified atom stereocenters. The molecule has 4 heteroatoms. The molecule has 94 valence electrons. The minimum atomic E-state index is -0.176. The van der Waals surface area contributed by atoms with Gasteiger partial charge in [0.25, 0.3) is 0 Å². The van der Waals surface area contributed by atoms with E-state index in [0.717, 1.165) is 16.8 Å². The molecule has 0 amide bonds. The number of nitrogens with one attached hydrogen (secondary N) is 1. The maximum atomic E-state index is 12.1. The highest BCUT2D eigenvalue weighted by Crippen LogP contribution is 2.19. The van der Waals surface area contributed by atoms with E-state index in [1.165, 1.54) is 6.20 Å². The van der Waals surface area contributed by atoms with Gasteiger partial charge in [-0.2, -0.15) is 0 Å². The molecule has 1 aliphatic heterocycles. The van der Waals surface area contributed by atoms with E-state index in [0.29, 0.717) is 5.69 Å². The fraction of sp³-hybridized carbons (Fsp3) is 0. The van der Waals surface area contributed by atoms with E-state index in [1.807, 2.05) is 48.5 Å². The van der Waals surface area contributed by atoms with Gasteiger partial charge in [-0.05, 0) is 6.07 Å². The largest absolute Gasteiger partial charge is 0.622 e. The summed E-state index contributed by atoms with van der Waals surface area (Å²) in [6.07, 6.45) is 1.44. The van der Waals surface area contributed by atoms with Crippen LogP contribution in [0.2, 0.25) is 0 Å². The molecule has 3 N–H and O–H groups in total. The van der Waals surface area contributed by atoms with Crippen LogP contribution in [-0.2, 0) is 0 Å². The van der Waals surface area contributed by atoms with Crippen LogP contribution in [0.4, 0.5) is 5.69 Å². The zero-order valence-electron chi connectivity index (χ0n) is 10.2. The monoisotopic (exact) mass is 251 g/mol. The van der Waals surface area contributed by atoms with Crippen LogP contribution in [0, 0.1) is 5.21 Å². The Morgan fingerprint density at radius 2 is 1.63 bits per heavy atom. The van der Waals surface area contributed by atoms with E-state index in [4.69, 9.17) is 5.73 Å². The lowest BCUT2D eigenvalue weighted by molar-refractivity contribution is -0.732. The lowest BCUT2D eigenvalue weighted by Gasteiger charge is -2.21. The van der Waals surface area contributed by atoms with Gasteiger partial charge >= 0.3 is 0 Å². The van der Waals surface area contributed by atoms with Crippen LogP contribution in [0.5, 0.6) is 0 Å². The van der Waals surface area contributed by atoms with Crippen LogP contribution in [0.15, 0.2) is 71.6 Å². The number of quaternary nitrogens is 1. The maximum absolute atomic E-state index is 12.1. The lowest BCUT2D eigenvalue weighted by atomic mass is 10.0. The van der Waals surface area contributed by atoms with Crippen molar-refractivity contribution in [2.24, 2.45) is 10.7 Å². The van der Waals surface area contributed by atoms with Gasteiger partial charge in [-0.3, -0.25) is 5.06 Å². The fourth-order valence-corrected chi connectivity index (χ4v) is 2.13. The Labute approximate surface area is 111 Å². The topological polar surface area (TPSA) is 65.9 Å². The van der Waals surface area contributed by atoms with E-state index in [-0.39, 0.29) is 10.9 Å². The molecule has 0 saturated heterocycles. The molecule has 1 heterocycles. The maximum Gasteiger partial charge on any atom is 0.220 e. The molecule has 4 nitrogen and oxygen atoms in total. The highest BCUT2D eigenvalue weighted by Gasteiger charge is 2.20. The zero-order chi connectivity index (χ0) is 13.2. The van der Waals surface area contributed by atoms with Crippen LogP contribution >= 0.6 is 0 Å². The second kappa shape index (κ2) is 4.68. The van der Waals surface area contributed by atoms with Gasteiger partial charge in [0.2, 0.25) is 5.82 Å². The Morgan fingerprint density at radius 1 is 0.947 bits per heavy atom. The quantitative estimate of drug-likeness (QED) is 0.750. The molecule has 19 heavy (non-hydrogen) atoms. The van der Waals surface area contributed by atoms with Crippen molar-refractivity contribution in [2.45, 2.75) is 0 Å². The van der Waals surface area contributed by atoms with E-state index >= 15 is 0 Å². The van der Waals surface area contributed by atoms with Crippen molar-refractivity contribution in [2.75, 3.05) is 0 Å². The van der Waals surface area contributed by atoms with E-state index in [1.54, 1.807) is 6.07 Å². The predicted octanol–water partition coefficient (Wildman–Crippen LogP) is 1.31. The number of para-hydroxylation sites is 1. The molecule has 1 aliphatic rings. The average molecular weight is 251 g/mol. The normalized spacial score (nSPS) is 18.1. The number of hydroxylamine groups is 1. The third-order valence-electron chi connectivity index (χ3n) is 3.07. The summed E-state index contributed by atoms with van der Waals surface area (Å²) in [5.41, 5.74) is 8.88. The van der Waals surface area contributed by atoms with Crippen LogP contribution in [0.1, 0.15) is 11.1 Å². The third-order valence-corrected chi connectivity index (χ3v) is 3.07. The molecule has 0 spiro atoms. The summed E-state index contributed by atoms with van der Waals surface area (Å²) in [5, 5.41) is 12.0. The van der Waals surface area contributed by atoms with Crippen molar-refractivity contribution in [3.05, 3.63) is 83.0 Å². The Bertz CT molecular complexity index is 662. The number of hydrogen-bond acceptors (Lipinski definition) is 3. The molecule has 3 rings (SSSR count). The SMILES string of the molecule is NC1=CN=C(c2ccccc2)c2ccccc2[NH+]1[O-]. The predicted molar refractivity (Wildman–Crippen MR) is 74.8 cm³/mol. The standard InChI is InChI=1S/C15H13N3O/c16-14-10-17-15(11-6-2-1-3-7-11)12-8-4-5-9-13(12)18(14)19/h1-10,18H,16H2. The van der Waals surface area contributed by atoms with E-state index in [2.05, 4.69) is 4.99 Å². The van der Waals surface area contributed by atoms with E-state index < -0.39 is 0 Å². The van der Waals surface area contributed by atoms with Crippen molar-refractivity contribution in [1.29, 1.82) is 0 Å². The van der Waals surface area contributed by atoms with Gasteiger partial charge in [-0.1, -0.05) is 42.5 Å². The van der Waals surface area contributed by atoms with Crippen LogP contribution in [-0.4, -0.2) is 5.71 Å². The first-order valence-corrected chi connectivity index (χ1v) is 6.00. The average Bonchev–Trinajstić information content (AvgIpc) is 2.59. The second-order valence-electron chi connectivity index (χ2n) is 4.30. The summed E-state index contributed by atoms with van der Waals surface area (Å²) in [4.78, 5) is 4.38. The zero-order valence-corrected chi connectivity index (χ0v) is 10.2. The molecule has 0 bridgehead atoms. The van der Waals surface area contributed by atoms with Gasteiger partial charge in [-0.15, -0.1) is 0 Å². The molecule has 0 fully saturated rings. The molecule has 0 aliphatic carbocycles. The second-order valence-corrected chi connectivity index (χ2v) is 4.30. The Balaban J connectivity index is 2.23.